The van der Waals surface area contributed by atoms with Gasteiger partial charge < -0.3 is 10.6 Å². The fraction of sp³-hybridized carbons (Fsp3) is 0.125. The van der Waals surface area contributed by atoms with E-state index in [2.05, 4.69) is 10.2 Å². The maximum absolute atomic E-state index is 13.7. The first-order valence-corrected chi connectivity index (χ1v) is 8.37. The van der Waals surface area contributed by atoms with E-state index in [4.69, 9.17) is 22.2 Å². The Hall–Kier alpha value is -2.25. The lowest BCUT2D eigenvalue weighted by Gasteiger charge is -2.06. The van der Waals surface area contributed by atoms with Gasteiger partial charge in [-0.15, -0.1) is 10.2 Å². The summed E-state index contributed by atoms with van der Waals surface area (Å²) < 4.78 is 20.0. The summed E-state index contributed by atoms with van der Waals surface area (Å²) in [5.74, 6) is 6.85. The summed E-state index contributed by atoms with van der Waals surface area (Å²) in [6, 6.07) is 12.1. The van der Waals surface area contributed by atoms with Gasteiger partial charge in [0.25, 0.3) is 0 Å². The number of thioether (sulfide) groups is 1. The summed E-state index contributed by atoms with van der Waals surface area (Å²) in [5.41, 5.74) is 1.50. The highest BCUT2D eigenvalue weighted by atomic mass is 35.5. The predicted molar refractivity (Wildman–Crippen MR) is 93.1 cm³/mol. The van der Waals surface area contributed by atoms with E-state index in [0.717, 1.165) is 5.56 Å². The minimum Gasteiger partial charge on any atom is -0.494 e. The Bertz CT molecular complexity index is 871. The summed E-state index contributed by atoms with van der Waals surface area (Å²) in [4.78, 5) is 0. The Kier molecular flexibility index (Phi) is 4.92. The molecule has 0 bridgehead atoms. The molecule has 3 rings (SSSR count). The van der Waals surface area contributed by atoms with Crippen molar-refractivity contribution in [2.75, 3.05) is 13.0 Å². The summed E-state index contributed by atoms with van der Waals surface area (Å²) in [7, 11) is 1.43. The van der Waals surface area contributed by atoms with Crippen LogP contribution in [0.4, 0.5) is 4.39 Å². The van der Waals surface area contributed by atoms with E-state index in [1.54, 1.807) is 18.2 Å². The predicted octanol–water partition coefficient (Wildman–Crippen LogP) is 3.75. The summed E-state index contributed by atoms with van der Waals surface area (Å²) in [6.45, 7) is 0. The van der Waals surface area contributed by atoms with Crippen LogP contribution in [-0.4, -0.2) is 22.0 Å². The van der Waals surface area contributed by atoms with Crippen LogP contribution in [-0.2, 0) is 5.75 Å². The molecule has 3 aromatic rings. The number of nitrogens with zero attached hydrogens (tertiary/aromatic N) is 3. The number of aromatic nitrogens is 3. The van der Waals surface area contributed by atoms with Crippen molar-refractivity contribution in [3.63, 3.8) is 0 Å². The minimum absolute atomic E-state index is 0.215. The molecule has 24 heavy (non-hydrogen) atoms. The van der Waals surface area contributed by atoms with Crippen molar-refractivity contribution >= 4 is 23.4 Å². The number of nitrogens with two attached hydrogens (primary N) is 1. The van der Waals surface area contributed by atoms with Crippen LogP contribution in [0.25, 0.3) is 11.4 Å². The van der Waals surface area contributed by atoms with Gasteiger partial charge >= 0.3 is 0 Å². The van der Waals surface area contributed by atoms with Crippen LogP contribution in [0.2, 0.25) is 5.02 Å². The van der Waals surface area contributed by atoms with E-state index < -0.39 is 5.82 Å². The zero-order valence-corrected chi connectivity index (χ0v) is 14.3. The summed E-state index contributed by atoms with van der Waals surface area (Å²) in [5, 5.41) is 9.23. The molecule has 0 fully saturated rings. The van der Waals surface area contributed by atoms with Crippen molar-refractivity contribution in [2.45, 2.75) is 10.9 Å². The molecule has 0 aliphatic heterocycles. The molecule has 0 saturated heterocycles. The number of rotatable bonds is 5. The van der Waals surface area contributed by atoms with Gasteiger partial charge in [-0.3, -0.25) is 0 Å². The van der Waals surface area contributed by atoms with Crippen molar-refractivity contribution < 1.29 is 9.13 Å². The van der Waals surface area contributed by atoms with Gasteiger partial charge in [-0.2, -0.15) is 0 Å². The Morgan fingerprint density at radius 2 is 2.04 bits per heavy atom. The molecule has 2 N–H and O–H groups in total. The third kappa shape index (κ3) is 3.32. The third-order valence-electron chi connectivity index (χ3n) is 3.36. The number of ether oxygens (including phenoxy) is 1. The molecule has 0 saturated carbocycles. The van der Waals surface area contributed by atoms with Crippen LogP contribution in [0.5, 0.6) is 5.75 Å². The third-order valence-corrected chi connectivity index (χ3v) is 4.71. The fourth-order valence-electron chi connectivity index (χ4n) is 2.15. The van der Waals surface area contributed by atoms with Crippen LogP contribution in [0, 0.1) is 5.82 Å². The van der Waals surface area contributed by atoms with Gasteiger partial charge in [-0.05, 0) is 29.8 Å². The number of benzene rings is 2. The average Bonchev–Trinajstić information content (AvgIpc) is 2.94. The monoisotopic (exact) mass is 364 g/mol. The number of hydrogen-bond acceptors (Lipinski definition) is 5. The Labute approximate surface area is 147 Å². The molecule has 124 valence electrons. The van der Waals surface area contributed by atoms with Gasteiger partial charge in [0.1, 0.15) is 0 Å². The molecule has 0 atom stereocenters. The van der Waals surface area contributed by atoms with Gasteiger partial charge in [0.2, 0.25) is 5.16 Å². The molecule has 0 spiro atoms. The fourth-order valence-corrected chi connectivity index (χ4v) is 3.17. The number of hydrogen-bond donors (Lipinski definition) is 1. The second kappa shape index (κ2) is 7.11. The van der Waals surface area contributed by atoms with Crippen LogP contribution >= 0.6 is 23.4 Å². The molecule has 0 unspecified atom stereocenters. The number of nitrogen functional groups attached to an aromatic ring is 1. The second-order valence-electron chi connectivity index (χ2n) is 4.91. The lowest BCUT2D eigenvalue weighted by molar-refractivity contribution is 0.386. The molecule has 5 nitrogen and oxygen atoms in total. The lowest BCUT2D eigenvalue weighted by Crippen LogP contribution is -2.11. The molecule has 0 aliphatic rings. The number of halogens is 2. The van der Waals surface area contributed by atoms with Crippen LogP contribution in [0.3, 0.4) is 0 Å². The van der Waals surface area contributed by atoms with Crippen molar-refractivity contribution in [2.24, 2.45) is 0 Å². The molecule has 0 radical (unpaired) electrons. The topological polar surface area (TPSA) is 66.0 Å². The molecule has 8 heteroatoms. The second-order valence-corrected chi connectivity index (χ2v) is 6.26. The number of methoxy groups -OCH3 is 1. The first-order chi connectivity index (χ1) is 11.6. The van der Waals surface area contributed by atoms with Crippen LogP contribution < -0.4 is 10.6 Å². The van der Waals surface area contributed by atoms with Gasteiger partial charge in [-0.1, -0.05) is 41.6 Å². The van der Waals surface area contributed by atoms with Gasteiger partial charge in [0.15, 0.2) is 17.4 Å². The van der Waals surface area contributed by atoms with E-state index in [0.29, 0.717) is 27.3 Å². The van der Waals surface area contributed by atoms with Gasteiger partial charge in [0, 0.05) is 11.3 Å². The summed E-state index contributed by atoms with van der Waals surface area (Å²) in [6.07, 6.45) is 0. The smallest absolute Gasteiger partial charge is 0.210 e. The molecule has 2 aromatic carbocycles. The standard InChI is InChI=1S/C16H14ClFN4OS/c1-23-14-7-6-10(8-13(14)18)9-24-16-21-20-15(22(16)19)11-4-2-3-5-12(11)17/h2-8H,9,19H2,1H3. The molecule has 0 aliphatic carbocycles. The average molecular weight is 365 g/mol. The zero-order valence-electron chi connectivity index (χ0n) is 12.7. The quantitative estimate of drug-likeness (QED) is 0.551. The lowest BCUT2D eigenvalue weighted by atomic mass is 10.2. The largest absolute Gasteiger partial charge is 0.494 e. The first kappa shape index (κ1) is 16.6. The normalized spacial score (nSPS) is 10.8. The molecular weight excluding hydrogens is 351 g/mol. The highest BCUT2D eigenvalue weighted by Crippen LogP contribution is 2.29. The summed E-state index contributed by atoms with van der Waals surface area (Å²) >= 11 is 7.52. The maximum atomic E-state index is 13.7. The van der Waals surface area contributed by atoms with E-state index >= 15 is 0 Å². The molecule has 1 heterocycles. The Morgan fingerprint density at radius 3 is 2.75 bits per heavy atom. The van der Waals surface area contributed by atoms with E-state index in [-0.39, 0.29) is 5.75 Å². The van der Waals surface area contributed by atoms with Crippen LogP contribution in [0.1, 0.15) is 5.56 Å². The molecule has 1 aromatic heterocycles. The molecule has 0 amide bonds. The van der Waals surface area contributed by atoms with Crippen molar-refractivity contribution in [1.82, 2.24) is 14.9 Å². The van der Waals surface area contributed by atoms with Crippen molar-refractivity contribution in [1.29, 1.82) is 0 Å². The van der Waals surface area contributed by atoms with Crippen molar-refractivity contribution in [3.8, 4) is 17.1 Å². The highest BCUT2D eigenvalue weighted by molar-refractivity contribution is 7.98. The van der Waals surface area contributed by atoms with Gasteiger partial charge in [0.05, 0.1) is 12.1 Å². The van der Waals surface area contributed by atoms with E-state index in [1.807, 2.05) is 18.2 Å². The van der Waals surface area contributed by atoms with Crippen molar-refractivity contribution in [3.05, 3.63) is 58.9 Å². The minimum atomic E-state index is -0.401. The van der Waals surface area contributed by atoms with Crippen LogP contribution in [0.15, 0.2) is 47.6 Å². The maximum Gasteiger partial charge on any atom is 0.210 e. The van der Waals surface area contributed by atoms with Gasteiger partial charge in [-0.25, -0.2) is 9.07 Å². The highest BCUT2D eigenvalue weighted by Gasteiger charge is 2.14. The Balaban J connectivity index is 1.78. The molecular formula is C16H14ClFN4OS. The SMILES string of the molecule is COc1ccc(CSc2nnc(-c3ccccc3Cl)n2N)cc1F. The first-order valence-electron chi connectivity index (χ1n) is 7.00. The zero-order chi connectivity index (χ0) is 17.1. The van der Waals surface area contributed by atoms with E-state index in [1.165, 1.54) is 29.6 Å². The van der Waals surface area contributed by atoms with E-state index in [9.17, 15) is 4.39 Å². The Morgan fingerprint density at radius 1 is 1.25 bits per heavy atom.